The van der Waals surface area contributed by atoms with Gasteiger partial charge in [0.2, 0.25) is 0 Å². The lowest BCUT2D eigenvalue weighted by molar-refractivity contribution is -0.149. The predicted molar refractivity (Wildman–Crippen MR) is 40.3 cm³/mol. The van der Waals surface area contributed by atoms with Crippen molar-refractivity contribution in [3.63, 3.8) is 0 Å². The maximum absolute atomic E-state index is 10.6. The number of rotatable bonds is 2. The third kappa shape index (κ3) is 1.71. The smallest absolute Gasteiger partial charge is 0.333 e. The number of ether oxygens (including phenoxy) is 1. The molecule has 1 aliphatic rings. The van der Waals surface area contributed by atoms with Gasteiger partial charge in [-0.1, -0.05) is 13.8 Å². The molecule has 2 atom stereocenters. The Morgan fingerprint density at radius 1 is 1.64 bits per heavy atom. The summed E-state index contributed by atoms with van der Waals surface area (Å²) in [5.41, 5.74) is 0. The van der Waals surface area contributed by atoms with Crippen LogP contribution in [0.15, 0.2) is 0 Å². The molecule has 1 N–H and O–H groups in total. The lowest BCUT2D eigenvalue weighted by Crippen LogP contribution is -2.29. The van der Waals surface area contributed by atoms with E-state index >= 15 is 0 Å². The first-order valence-electron chi connectivity index (χ1n) is 3.97. The maximum Gasteiger partial charge on any atom is 0.333 e. The van der Waals surface area contributed by atoms with Gasteiger partial charge in [0.1, 0.15) is 0 Å². The molecule has 0 bridgehead atoms. The second-order valence-electron chi connectivity index (χ2n) is 3.33. The molecule has 1 saturated heterocycles. The van der Waals surface area contributed by atoms with Crippen LogP contribution in [-0.2, 0) is 9.53 Å². The molecule has 1 rings (SSSR count). The van der Waals surface area contributed by atoms with Crippen LogP contribution >= 0.6 is 0 Å². The van der Waals surface area contributed by atoms with Gasteiger partial charge >= 0.3 is 5.97 Å². The summed E-state index contributed by atoms with van der Waals surface area (Å²) in [6, 6.07) is 0. The van der Waals surface area contributed by atoms with Crippen molar-refractivity contribution in [1.82, 2.24) is 0 Å². The van der Waals surface area contributed by atoms with E-state index < -0.39 is 12.1 Å². The molecule has 0 amide bonds. The summed E-state index contributed by atoms with van der Waals surface area (Å²) in [6.07, 6.45) is 0.323. The molecule has 0 aliphatic carbocycles. The van der Waals surface area contributed by atoms with Crippen LogP contribution in [0.1, 0.15) is 20.3 Å². The summed E-state index contributed by atoms with van der Waals surface area (Å²) in [7, 11) is 0. The van der Waals surface area contributed by atoms with E-state index in [-0.39, 0.29) is 5.92 Å². The highest BCUT2D eigenvalue weighted by atomic mass is 16.5. The highest BCUT2D eigenvalue weighted by Gasteiger charge is 2.35. The van der Waals surface area contributed by atoms with E-state index in [2.05, 4.69) is 0 Å². The minimum absolute atomic E-state index is 0.201. The van der Waals surface area contributed by atoms with Crippen LogP contribution < -0.4 is 0 Å². The van der Waals surface area contributed by atoms with Gasteiger partial charge in [-0.2, -0.15) is 0 Å². The molecule has 0 aromatic carbocycles. The van der Waals surface area contributed by atoms with E-state index in [9.17, 15) is 4.79 Å². The molecule has 3 heteroatoms. The molecule has 1 heterocycles. The number of hydrogen-bond donors (Lipinski definition) is 1. The van der Waals surface area contributed by atoms with Crippen LogP contribution in [0.2, 0.25) is 0 Å². The van der Waals surface area contributed by atoms with Gasteiger partial charge in [-0.25, -0.2) is 4.79 Å². The van der Waals surface area contributed by atoms with E-state index in [1.54, 1.807) is 0 Å². The first kappa shape index (κ1) is 8.53. The molecule has 1 fully saturated rings. The molecule has 0 saturated carbocycles. The fourth-order valence-corrected chi connectivity index (χ4v) is 1.54. The minimum Gasteiger partial charge on any atom is -0.479 e. The average molecular weight is 158 g/mol. The Morgan fingerprint density at radius 2 is 2.27 bits per heavy atom. The third-order valence-electron chi connectivity index (χ3n) is 2.24. The molecule has 1 aliphatic heterocycles. The summed E-state index contributed by atoms with van der Waals surface area (Å²) in [6.45, 7) is 4.67. The Morgan fingerprint density at radius 3 is 2.64 bits per heavy atom. The van der Waals surface area contributed by atoms with Gasteiger partial charge in [0.15, 0.2) is 6.10 Å². The first-order chi connectivity index (χ1) is 5.13. The number of hydrogen-bond acceptors (Lipinski definition) is 2. The van der Waals surface area contributed by atoms with E-state index in [0.717, 1.165) is 6.42 Å². The summed E-state index contributed by atoms with van der Waals surface area (Å²) >= 11 is 0. The van der Waals surface area contributed by atoms with Crippen molar-refractivity contribution in [2.24, 2.45) is 11.8 Å². The summed E-state index contributed by atoms with van der Waals surface area (Å²) in [5, 5.41) is 8.71. The lowest BCUT2D eigenvalue weighted by Gasteiger charge is -2.17. The number of carboxylic acid groups (broad SMARTS) is 1. The molecule has 0 spiro atoms. The Hall–Kier alpha value is -0.570. The van der Waals surface area contributed by atoms with Crippen molar-refractivity contribution >= 4 is 5.97 Å². The SMILES string of the molecule is CC(C)[C@H]1CCO[C@@H]1C(=O)O. The van der Waals surface area contributed by atoms with Gasteiger partial charge in [-0.3, -0.25) is 0 Å². The largest absolute Gasteiger partial charge is 0.479 e. The molecule has 64 valence electrons. The Bertz CT molecular complexity index is 153. The number of carboxylic acids is 1. The highest BCUT2D eigenvalue weighted by molar-refractivity contribution is 5.73. The van der Waals surface area contributed by atoms with Gasteiger partial charge in [-0.15, -0.1) is 0 Å². The summed E-state index contributed by atoms with van der Waals surface area (Å²) < 4.78 is 5.09. The van der Waals surface area contributed by atoms with Gasteiger partial charge in [0.05, 0.1) is 0 Å². The van der Waals surface area contributed by atoms with Crippen molar-refractivity contribution < 1.29 is 14.6 Å². The molecule has 0 aromatic heterocycles. The van der Waals surface area contributed by atoms with E-state index in [4.69, 9.17) is 9.84 Å². The normalized spacial score (nSPS) is 31.2. The van der Waals surface area contributed by atoms with Crippen LogP contribution in [0.5, 0.6) is 0 Å². The quantitative estimate of drug-likeness (QED) is 0.655. The van der Waals surface area contributed by atoms with E-state index in [0.29, 0.717) is 12.5 Å². The highest BCUT2D eigenvalue weighted by Crippen LogP contribution is 2.27. The average Bonchev–Trinajstić information content (AvgIpc) is 2.32. The molecule has 0 aromatic rings. The van der Waals surface area contributed by atoms with Crippen LogP contribution in [0.25, 0.3) is 0 Å². The van der Waals surface area contributed by atoms with Crippen LogP contribution in [-0.4, -0.2) is 23.8 Å². The second-order valence-corrected chi connectivity index (χ2v) is 3.33. The fourth-order valence-electron chi connectivity index (χ4n) is 1.54. The third-order valence-corrected chi connectivity index (χ3v) is 2.24. The van der Waals surface area contributed by atoms with Crippen molar-refractivity contribution in [3.05, 3.63) is 0 Å². The minimum atomic E-state index is -0.818. The standard InChI is InChI=1S/C8H14O3/c1-5(2)6-3-4-11-7(6)8(9)10/h5-7H,3-4H2,1-2H3,(H,9,10)/t6-,7+/m1/s1. The van der Waals surface area contributed by atoms with Gasteiger partial charge in [0, 0.05) is 12.5 Å². The zero-order valence-electron chi connectivity index (χ0n) is 6.91. The monoisotopic (exact) mass is 158 g/mol. The summed E-state index contributed by atoms with van der Waals surface area (Å²) in [4.78, 5) is 10.6. The topological polar surface area (TPSA) is 46.5 Å². The molecule has 11 heavy (non-hydrogen) atoms. The van der Waals surface area contributed by atoms with Crippen molar-refractivity contribution in [2.75, 3.05) is 6.61 Å². The molecule has 0 radical (unpaired) electrons. The second kappa shape index (κ2) is 3.22. The first-order valence-corrected chi connectivity index (χ1v) is 3.97. The van der Waals surface area contributed by atoms with Gasteiger partial charge in [-0.05, 0) is 12.3 Å². The van der Waals surface area contributed by atoms with Crippen molar-refractivity contribution in [2.45, 2.75) is 26.4 Å². The molecular weight excluding hydrogens is 144 g/mol. The van der Waals surface area contributed by atoms with E-state index in [1.165, 1.54) is 0 Å². The maximum atomic E-state index is 10.6. The Labute approximate surface area is 66.4 Å². The molecular formula is C8H14O3. The zero-order valence-corrected chi connectivity index (χ0v) is 6.91. The van der Waals surface area contributed by atoms with Crippen LogP contribution in [0.3, 0.4) is 0 Å². The Kier molecular flexibility index (Phi) is 2.49. The summed E-state index contributed by atoms with van der Waals surface area (Å²) in [5.74, 6) is -0.215. The predicted octanol–water partition coefficient (Wildman–Crippen LogP) is 1.13. The number of carbonyl (C=O) groups is 1. The lowest BCUT2D eigenvalue weighted by atomic mass is 9.90. The van der Waals surface area contributed by atoms with E-state index in [1.807, 2.05) is 13.8 Å². The van der Waals surface area contributed by atoms with Crippen molar-refractivity contribution in [1.29, 1.82) is 0 Å². The Balaban J connectivity index is 2.58. The van der Waals surface area contributed by atoms with Crippen molar-refractivity contribution in [3.8, 4) is 0 Å². The fraction of sp³-hybridized carbons (Fsp3) is 0.875. The van der Waals surface area contributed by atoms with Gasteiger partial charge < -0.3 is 9.84 Å². The molecule has 3 nitrogen and oxygen atoms in total. The zero-order chi connectivity index (χ0) is 8.43. The van der Waals surface area contributed by atoms with Crippen LogP contribution in [0, 0.1) is 11.8 Å². The van der Waals surface area contributed by atoms with Crippen LogP contribution in [0.4, 0.5) is 0 Å². The number of aliphatic carboxylic acids is 1. The molecule has 0 unspecified atom stereocenters. The van der Waals surface area contributed by atoms with Gasteiger partial charge in [0.25, 0.3) is 0 Å².